The molecule has 14 heavy (non-hydrogen) atoms. The first-order valence-corrected chi connectivity index (χ1v) is 6.41. The zero-order valence-electron chi connectivity index (χ0n) is 9.30. The van der Waals surface area contributed by atoms with E-state index < -0.39 is 0 Å². The molecule has 2 saturated heterocycles. The molecule has 2 aliphatic heterocycles. The molecule has 0 aromatic rings. The molecule has 2 heterocycles. The third-order valence-corrected chi connectivity index (χ3v) is 3.59. The lowest BCUT2D eigenvalue weighted by Crippen LogP contribution is -2.43. The summed E-state index contributed by atoms with van der Waals surface area (Å²) in [4.78, 5) is 2.68. The molecule has 2 rings (SSSR count). The van der Waals surface area contributed by atoms with Gasteiger partial charge in [-0.15, -0.1) is 0 Å². The minimum Gasteiger partial charge on any atom is -0.313 e. The Balaban J connectivity index is 1.71. The molecule has 2 fully saturated rings. The van der Waals surface area contributed by atoms with E-state index in [0.29, 0.717) is 0 Å². The maximum absolute atomic E-state index is 3.65. The Morgan fingerprint density at radius 2 is 1.71 bits per heavy atom. The smallest absolute Gasteiger partial charge is 0.0195 e. The van der Waals surface area contributed by atoms with Crippen LogP contribution in [0.3, 0.4) is 0 Å². The summed E-state index contributed by atoms with van der Waals surface area (Å²) in [5.41, 5.74) is 0. The molecule has 2 nitrogen and oxygen atoms in total. The van der Waals surface area contributed by atoms with Gasteiger partial charge in [-0.05, 0) is 45.3 Å². The van der Waals surface area contributed by atoms with E-state index in [0.717, 1.165) is 6.04 Å². The van der Waals surface area contributed by atoms with Gasteiger partial charge in [0, 0.05) is 12.6 Å². The van der Waals surface area contributed by atoms with Crippen LogP contribution >= 0.6 is 0 Å². The molecule has 0 aromatic carbocycles. The van der Waals surface area contributed by atoms with Gasteiger partial charge in [-0.3, -0.25) is 0 Å². The fourth-order valence-corrected chi connectivity index (χ4v) is 2.71. The predicted octanol–water partition coefficient (Wildman–Crippen LogP) is 2.00. The van der Waals surface area contributed by atoms with Crippen LogP contribution in [0.15, 0.2) is 0 Å². The number of hydrogen-bond donors (Lipinski definition) is 1. The van der Waals surface area contributed by atoms with Gasteiger partial charge in [0.25, 0.3) is 0 Å². The topological polar surface area (TPSA) is 15.3 Å². The Morgan fingerprint density at radius 3 is 2.36 bits per heavy atom. The van der Waals surface area contributed by atoms with E-state index in [4.69, 9.17) is 0 Å². The average Bonchev–Trinajstić information content (AvgIpc) is 2.48. The third kappa shape index (κ3) is 3.25. The van der Waals surface area contributed by atoms with Crippen LogP contribution in [0, 0.1) is 0 Å². The van der Waals surface area contributed by atoms with E-state index in [1.165, 1.54) is 71.1 Å². The molecule has 0 aromatic heterocycles. The minimum absolute atomic E-state index is 0.793. The minimum atomic E-state index is 0.793. The number of piperidine rings is 1. The number of rotatable bonds is 2. The third-order valence-electron chi connectivity index (χ3n) is 3.59. The molecule has 82 valence electrons. The van der Waals surface area contributed by atoms with Crippen LogP contribution in [0.5, 0.6) is 0 Å². The van der Waals surface area contributed by atoms with Crippen molar-refractivity contribution in [3.8, 4) is 0 Å². The van der Waals surface area contributed by atoms with Gasteiger partial charge >= 0.3 is 0 Å². The Hall–Kier alpha value is -0.0800. The Kier molecular flexibility index (Phi) is 4.26. The molecule has 0 spiro atoms. The van der Waals surface area contributed by atoms with Gasteiger partial charge in [0.05, 0.1) is 0 Å². The molecule has 1 atom stereocenters. The highest BCUT2D eigenvalue weighted by atomic mass is 15.1. The summed E-state index contributed by atoms with van der Waals surface area (Å²) in [7, 11) is 0. The van der Waals surface area contributed by atoms with Crippen molar-refractivity contribution in [1.82, 2.24) is 10.2 Å². The Morgan fingerprint density at radius 1 is 0.929 bits per heavy atom. The van der Waals surface area contributed by atoms with Gasteiger partial charge in [0.2, 0.25) is 0 Å². The quantitative estimate of drug-likeness (QED) is 0.727. The van der Waals surface area contributed by atoms with Gasteiger partial charge in [0.15, 0.2) is 0 Å². The van der Waals surface area contributed by atoms with E-state index >= 15 is 0 Å². The second kappa shape index (κ2) is 5.72. The summed E-state index contributed by atoms with van der Waals surface area (Å²) in [5.74, 6) is 0. The molecule has 0 aliphatic carbocycles. The first kappa shape index (κ1) is 10.4. The normalized spacial score (nSPS) is 31.3. The highest BCUT2D eigenvalue weighted by molar-refractivity contribution is 4.77. The van der Waals surface area contributed by atoms with Crippen molar-refractivity contribution in [2.24, 2.45) is 0 Å². The first-order chi connectivity index (χ1) is 6.95. The zero-order valence-corrected chi connectivity index (χ0v) is 9.30. The Labute approximate surface area is 88.1 Å². The van der Waals surface area contributed by atoms with Crippen LogP contribution in [0.25, 0.3) is 0 Å². The second-order valence-corrected chi connectivity index (χ2v) is 4.86. The van der Waals surface area contributed by atoms with Gasteiger partial charge in [-0.2, -0.15) is 0 Å². The van der Waals surface area contributed by atoms with E-state index in [1.54, 1.807) is 0 Å². The summed E-state index contributed by atoms with van der Waals surface area (Å²) < 4.78 is 0. The standard InChI is InChI=1S/C12H24N2/c1-2-6-10-14(9-5-1)11-12-7-3-4-8-13-12/h12-13H,1-11H2/t12-/m1/s1. The second-order valence-electron chi connectivity index (χ2n) is 4.86. The number of hydrogen-bond acceptors (Lipinski definition) is 2. The van der Waals surface area contributed by atoms with Crippen LogP contribution in [0.1, 0.15) is 44.9 Å². The van der Waals surface area contributed by atoms with Crippen molar-refractivity contribution >= 4 is 0 Å². The molecule has 0 amide bonds. The van der Waals surface area contributed by atoms with Gasteiger partial charge in [0.1, 0.15) is 0 Å². The molecule has 2 aliphatic rings. The summed E-state index contributed by atoms with van der Waals surface area (Å²) in [5, 5.41) is 3.65. The highest BCUT2D eigenvalue weighted by Crippen LogP contribution is 2.13. The van der Waals surface area contributed by atoms with Crippen molar-refractivity contribution in [1.29, 1.82) is 0 Å². The highest BCUT2D eigenvalue weighted by Gasteiger charge is 2.17. The summed E-state index contributed by atoms with van der Waals surface area (Å²) in [6.45, 7) is 5.24. The van der Waals surface area contributed by atoms with E-state index in [2.05, 4.69) is 10.2 Å². The molecule has 1 N–H and O–H groups in total. The van der Waals surface area contributed by atoms with E-state index in [9.17, 15) is 0 Å². The van der Waals surface area contributed by atoms with Crippen molar-refractivity contribution in [2.45, 2.75) is 51.0 Å². The van der Waals surface area contributed by atoms with Gasteiger partial charge < -0.3 is 10.2 Å². The van der Waals surface area contributed by atoms with Crippen LogP contribution in [0.2, 0.25) is 0 Å². The fraction of sp³-hybridized carbons (Fsp3) is 1.00. The van der Waals surface area contributed by atoms with E-state index in [1.807, 2.05) is 0 Å². The number of likely N-dealkylation sites (tertiary alicyclic amines) is 1. The SMILES string of the molecule is C1CCCN(C[C@H]2CCCCN2)CC1. The lowest BCUT2D eigenvalue weighted by atomic mass is 10.0. The van der Waals surface area contributed by atoms with Crippen molar-refractivity contribution in [3.63, 3.8) is 0 Å². The monoisotopic (exact) mass is 196 g/mol. The number of nitrogens with one attached hydrogen (secondary N) is 1. The lowest BCUT2D eigenvalue weighted by molar-refractivity contribution is 0.231. The predicted molar refractivity (Wildman–Crippen MR) is 60.5 cm³/mol. The Bertz CT molecular complexity index is 144. The van der Waals surface area contributed by atoms with Crippen molar-refractivity contribution in [2.75, 3.05) is 26.2 Å². The molecule has 0 bridgehead atoms. The summed E-state index contributed by atoms with van der Waals surface area (Å²) >= 11 is 0. The molecule has 0 saturated carbocycles. The van der Waals surface area contributed by atoms with Gasteiger partial charge in [-0.1, -0.05) is 19.3 Å². The fourth-order valence-electron chi connectivity index (χ4n) is 2.71. The van der Waals surface area contributed by atoms with Crippen LogP contribution in [-0.4, -0.2) is 37.1 Å². The maximum Gasteiger partial charge on any atom is 0.0195 e. The molecular weight excluding hydrogens is 172 g/mol. The zero-order chi connectivity index (χ0) is 9.64. The maximum atomic E-state index is 3.65. The number of nitrogens with zero attached hydrogens (tertiary/aromatic N) is 1. The lowest BCUT2D eigenvalue weighted by Gasteiger charge is -2.29. The van der Waals surface area contributed by atoms with E-state index in [-0.39, 0.29) is 0 Å². The molecule has 0 unspecified atom stereocenters. The molecule has 0 radical (unpaired) electrons. The molecular formula is C12H24N2. The van der Waals surface area contributed by atoms with Crippen LogP contribution in [0.4, 0.5) is 0 Å². The van der Waals surface area contributed by atoms with Gasteiger partial charge in [-0.25, -0.2) is 0 Å². The average molecular weight is 196 g/mol. The van der Waals surface area contributed by atoms with Crippen LogP contribution in [-0.2, 0) is 0 Å². The van der Waals surface area contributed by atoms with Crippen molar-refractivity contribution in [3.05, 3.63) is 0 Å². The molecule has 2 heteroatoms. The summed E-state index contributed by atoms with van der Waals surface area (Å²) in [6, 6.07) is 0.793. The summed E-state index contributed by atoms with van der Waals surface area (Å²) in [6.07, 6.45) is 9.97. The first-order valence-electron chi connectivity index (χ1n) is 6.41. The largest absolute Gasteiger partial charge is 0.313 e. The van der Waals surface area contributed by atoms with Crippen molar-refractivity contribution < 1.29 is 0 Å². The van der Waals surface area contributed by atoms with Crippen LogP contribution < -0.4 is 5.32 Å².